The minimum Gasteiger partial charge on any atom is -0.327 e. The molecule has 0 heterocycles. The molecule has 1 rings (SSSR count). The third kappa shape index (κ3) is 4.84. The number of benzene rings is 1. The van der Waals surface area contributed by atoms with Crippen LogP contribution in [0.4, 0.5) is 0 Å². The lowest BCUT2D eigenvalue weighted by molar-refractivity contribution is 0.650. The topological polar surface area (TPSA) is 73.7 Å². The van der Waals surface area contributed by atoms with Crippen molar-refractivity contribution in [2.45, 2.75) is 31.7 Å². The number of rotatable bonds is 7. The number of nitrogens with one attached hydrogen (secondary N) is 2. The number of hydrogen-bond acceptors (Lipinski definition) is 3. The summed E-state index contributed by atoms with van der Waals surface area (Å²) in [4.78, 5) is 0. The summed E-state index contributed by atoms with van der Waals surface area (Å²) in [5.74, 6) is 0. The molecule has 0 radical (unpaired) electrons. The van der Waals surface area contributed by atoms with E-state index in [1.165, 1.54) is 6.21 Å². The summed E-state index contributed by atoms with van der Waals surface area (Å²) < 4.78 is 0. The quantitative estimate of drug-likeness (QED) is 0.603. The van der Waals surface area contributed by atoms with Gasteiger partial charge in [-0.2, -0.15) is 0 Å². The Morgan fingerprint density at radius 3 is 2.62 bits per heavy atom. The van der Waals surface area contributed by atoms with Crippen LogP contribution in [-0.4, -0.2) is 18.0 Å². The second kappa shape index (κ2) is 6.90. The van der Waals surface area contributed by atoms with Gasteiger partial charge in [0, 0.05) is 24.6 Å². The van der Waals surface area contributed by atoms with E-state index in [1.54, 1.807) is 0 Å². The molecule has 1 atom stereocenters. The molecular weight excluding hydrogens is 198 g/mol. The SMILES string of the molecule is N=CCCC(N)CC(=N)Cc1ccccc1. The highest BCUT2D eigenvalue weighted by molar-refractivity contribution is 5.84. The summed E-state index contributed by atoms with van der Waals surface area (Å²) in [7, 11) is 0. The highest BCUT2D eigenvalue weighted by Crippen LogP contribution is 2.05. The molecule has 0 saturated heterocycles. The van der Waals surface area contributed by atoms with E-state index in [0.29, 0.717) is 25.0 Å². The van der Waals surface area contributed by atoms with Crippen LogP contribution in [0.3, 0.4) is 0 Å². The fraction of sp³-hybridized carbons (Fsp3) is 0.385. The lowest BCUT2D eigenvalue weighted by Gasteiger charge is -2.11. The summed E-state index contributed by atoms with van der Waals surface area (Å²) in [5, 5.41) is 14.8. The molecule has 1 aromatic rings. The van der Waals surface area contributed by atoms with Gasteiger partial charge in [-0.1, -0.05) is 30.3 Å². The first-order chi connectivity index (χ1) is 7.72. The van der Waals surface area contributed by atoms with Crippen LogP contribution < -0.4 is 5.73 Å². The molecule has 0 saturated carbocycles. The van der Waals surface area contributed by atoms with Crippen LogP contribution in [0.25, 0.3) is 0 Å². The van der Waals surface area contributed by atoms with Gasteiger partial charge in [-0.15, -0.1) is 0 Å². The second-order valence-corrected chi connectivity index (χ2v) is 4.01. The van der Waals surface area contributed by atoms with E-state index in [2.05, 4.69) is 0 Å². The molecule has 0 bridgehead atoms. The molecule has 0 aliphatic rings. The maximum absolute atomic E-state index is 7.85. The summed E-state index contributed by atoms with van der Waals surface area (Å²) in [6, 6.07) is 10.0. The van der Waals surface area contributed by atoms with E-state index in [0.717, 1.165) is 12.0 Å². The zero-order valence-electron chi connectivity index (χ0n) is 9.45. The van der Waals surface area contributed by atoms with Crippen molar-refractivity contribution in [1.82, 2.24) is 0 Å². The zero-order valence-corrected chi connectivity index (χ0v) is 9.45. The molecule has 0 aliphatic heterocycles. The summed E-state index contributed by atoms with van der Waals surface area (Å²) in [6.07, 6.45) is 4.18. The largest absolute Gasteiger partial charge is 0.327 e. The molecule has 0 amide bonds. The average Bonchev–Trinajstić information content (AvgIpc) is 2.27. The predicted octanol–water partition coefficient (Wildman–Crippen LogP) is 2.40. The highest BCUT2D eigenvalue weighted by Gasteiger charge is 2.06. The second-order valence-electron chi connectivity index (χ2n) is 4.01. The Morgan fingerprint density at radius 1 is 1.31 bits per heavy atom. The van der Waals surface area contributed by atoms with Crippen LogP contribution >= 0.6 is 0 Å². The number of nitrogens with two attached hydrogens (primary N) is 1. The Balaban J connectivity index is 2.33. The molecule has 3 heteroatoms. The third-order valence-electron chi connectivity index (χ3n) is 2.45. The number of hydrogen-bond donors (Lipinski definition) is 3. The van der Waals surface area contributed by atoms with E-state index >= 15 is 0 Å². The third-order valence-corrected chi connectivity index (χ3v) is 2.45. The zero-order chi connectivity index (χ0) is 11.8. The van der Waals surface area contributed by atoms with Crippen LogP contribution in [0.1, 0.15) is 24.8 Å². The van der Waals surface area contributed by atoms with Gasteiger partial charge in [0.2, 0.25) is 0 Å². The van der Waals surface area contributed by atoms with Gasteiger partial charge in [-0.3, -0.25) is 0 Å². The molecule has 0 spiro atoms. The molecule has 0 aromatic heterocycles. The first-order valence-electron chi connectivity index (χ1n) is 5.57. The average molecular weight is 217 g/mol. The lowest BCUT2D eigenvalue weighted by Crippen LogP contribution is -2.24. The first-order valence-corrected chi connectivity index (χ1v) is 5.57. The molecule has 0 aliphatic carbocycles. The summed E-state index contributed by atoms with van der Waals surface area (Å²) in [5.41, 5.74) is 7.70. The molecule has 0 fully saturated rings. The van der Waals surface area contributed by atoms with Gasteiger partial charge in [0.25, 0.3) is 0 Å². The van der Waals surface area contributed by atoms with Gasteiger partial charge < -0.3 is 16.6 Å². The van der Waals surface area contributed by atoms with Crippen LogP contribution in [-0.2, 0) is 6.42 Å². The molecular formula is C13H19N3. The Labute approximate surface area is 96.7 Å². The van der Waals surface area contributed by atoms with Gasteiger partial charge in [0.1, 0.15) is 0 Å². The van der Waals surface area contributed by atoms with E-state index < -0.39 is 0 Å². The fourth-order valence-electron chi connectivity index (χ4n) is 1.63. The Kier molecular flexibility index (Phi) is 5.43. The predicted molar refractivity (Wildman–Crippen MR) is 68.5 cm³/mol. The van der Waals surface area contributed by atoms with E-state index in [1.807, 2.05) is 30.3 Å². The smallest absolute Gasteiger partial charge is 0.0148 e. The molecule has 4 N–H and O–H groups in total. The molecule has 3 nitrogen and oxygen atoms in total. The maximum Gasteiger partial charge on any atom is 0.0148 e. The molecule has 16 heavy (non-hydrogen) atoms. The Bertz CT molecular complexity index is 332. The monoisotopic (exact) mass is 217 g/mol. The van der Waals surface area contributed by atoms with Crippen LogP contribution in [0.15, 0.2) is 30.3 Å². The standard InChI is InChI=1S/C13H19N3/c14-8-4-7-12(15)10-13(16)9-11-5-2-1-3-6-11/h1-3,5-6,8,12,14,16H,4,7,9-10,15H2. The first kappa shape index (κ1) is 12.6. The van der Waals surface area contributed by atoms with Crippen LogP contribution in [0, 0.1) is 10.8 Å². The molecule has 1 aromatic carbocycles. The van der Waals surface area contributed by atoms with E-state index in [4.69, 9.17) is 16.6 Å². The normalized spacial score (nSPS) is 12.1. The van der Waals surface area contributed by atoms with Crippen molar-refractivity contribution < 1.29 is 0 Å². The minimum atomic E-state index is 0.0119. The summed E-state index contributed by atoms with van der Waals surface area (Å²) in [6.45, 7) is 0. The molecule has 1 unspecified atom stereocenters. The van der Waals surface area contributed by atoms with Crippen molar-refractivity contribution in [2.75, 3.05) is 0 Å². The van der Waals surface area contributed by atoms with Crippen molar-refractivity contribution in [2.24, 2.45) is 5.73 Å². The fourth-order valence-corrected chi connectivity index (χ4v) is 1.63. The van der Waals surface area contributed by atoms with E-state index in [9.17, 15) is 0 Å². The van der Waals surface area contributed by atoms with Crippen LogP contribution in [0.5, 0.6) is 0 Å². The highest BCUT2D eigenvalue weighted by atomic mass is 14.6. The van der Waals surface area contributed by atoms with Gasteiger partial charge in [-0.05, 0) is 24.6 Å². The van der Waals surface area contributed by atoms with Crippen molar-refractivity contribution in [3.05, 3.63) is 35.9 Å². The van der Waals surface area contributed by atoms with Gasteiger partial charge >= 0.3 is 0 Å². The van der Waals surface area contributed by atoms with Crippen molar-refractivity contribution >= 4 is 11.9 Å². The van der Waals surface area contributed by atoms with E-state index in [-0.39, 0.29) is 6.04 Å². The lowest BCUT2D eigenvalue weighted by atomic mass is 10.0. The van der Waals surface area contributed by atoms with Gasteiger partial charge in [0.05, 0.1) is 0 Å². The van der Waals surface area contributed by atoms with Crippen molar-refractivity contribution in [3.8, 4) is 0 Å². The Hall–Kier alpha value is -1.48. The van der Waals surface area contributed by atoms with Gasteiger partial charge in [-0.25, -0.2) is 0 Å². The Morgan fingerprint density at radius 2 is 2.00 bits per heavy atom. The minimum absolute atomic E-state index is 0.0119. The van der Waals surface area contributed by atoms with Crippen molar-refractivity contribution in [1.29, 1.82) is 10.8 Å². The summed E-state index contributed by atoms with van der Waals surface area (Å²) >= 11 is 0. The molecule has 86 valence electrons. The van der Waals surface area contributed by atoms with Crippen LogP contribution in [0.2, 0.25) is 0 Å². The van der Waals surface area contributed by atoms with Gasteiger partial charge in [0.15, 0.2) is 0 Å². The van der Waals surface area contributed by atoms with Crippen molar-refractivity contribution in [3.63, 3.8) is 0 Å². The maximum atomic E-state index is 7.85.